The summed E-state index contributed by atoms with van der Waals surface area (Å²) in [4.78, 5) is 28.8. The molecule has 2 aromatic carbocycles. The summed E-state index contributed by atoms with van der Waals surface area (Å²) in [6, 6.07) is 13.1. The number of aromatic nitrogens is 1. The van der Waals surface area contributed by atoms with Crippen LogP contribution in [0.3, 0.4) is 0 Å². The molecule has 2 heterocycles. The number of carbonyl (C=O) groups excluding carboxylic acids is 2. The fourth-order valence-corrected chi connectivity index (χ4v) is 3.17. The van der Waals surface area contributed by atoms with E-state index >= 15 is 0 Å². The van der Waals surface area contributed by atoms with E-state index in [-0.39, 0.29) is 23.9 Å². The highest BCUT2D eigenvalue weighted by Crippen LogP contribution is 2.24. The van der Waals surface area contributed by atoms with Gasteiger partial charge in [-0.15, -0.1) is 0 Å². The minimum absolute atomic E-state index is 0.278. The van der Waals surface area contributed by atoms with Gasteiger partial charge in [-0.3, -0.25) is 9.69 Å². The molecule has 1 atom stereocenters. The van der Waals surface area contributed by atoms with Crippen molar-refractivity contribution in [2.75, 3.05) is 18.1 Å². The van der Waals surface area contributed by atoms with Gasteiger partial charge in [0.2, 0.25) is 0 Å². The molecule has 1 aromatic heterocycles. The molecule has 6 nitrogen and oxygen atoms in total. The Morgan fingerprint density at radius 1 is 1.26 bits per heavy atom. The molecule has 1 fully saturated rings. The summed E-state index contributed by atoms with van der Waals surface area (Å²) in [5.74, 6) is -0.635. The predicted octanol–water partition coefficient (Wildman–Crippen LogP) is 3.75. The molecule has 0 bridgehead atoms. The fraction of sp³-hybridized carbons (Fsp3) is 0.200. The molecule has 27 heavy (non-hydrogen) atoms. The summed E-state index contributed by atoms with van der Waals surface area (Å²) in [6.07, 6.45) is -0.367. The zero-order chi connectivity index (χ0) is 19.0. The molecule has 1 saturated heterocycles. The quantitative estimate of drug-likeness (QED) is 0.737. The zero-order valence-corrected chi connectivity index (χ0v) is 14.7. The lowest BCUT2D eigenvalue weighted by atomic mass is 10.1. The van der Waals surface area contributed by atoms with Crippen LogP contribution in [0.15, 0.2) is 48.5 Å². The van der Waals surface area contributed by atoms with Crippen LogP contribution in [0.4, 0.5) is 14.9 Å². The second-order valence-electron chi connectivity index (χ2n) is 6.47. The Labute approximate surface area is 154 Å². The number of ether oxygens (including phenoxy) is 1. The number of fused-ring (bicyclic) bond motifs is 1. The second-order valence-corrected chi connectivity index (χ2v) is 6.47. The molecule has 0 aliphatic carbocycles. The summed E-state index contributed by atoms with van der Waals surface area (Å²) >= 11 is 0. The highest BCUT2D eigenvalue weighted by Gasteiger charge is 2.24. The summed E-state index contributed by atoms with van der Waals surface area (Å²) in [5.41, 5.74) is 2.66. The number of rotatable bonds is 4. The van der Waals surface area contributed by atoms with Gasteiger partial charge in [-0.05, 0) is 48.9 Å². The monoisotopic (exact) mass is 367 g/mol. The summed E-state index contributed by atoms with van der Waals surface area (Å²) in [6.45, 7) is 2.74. The number of carbonyl (C=O) groups is 2. The van der Waals surface area contributed by atoms with Crippen molar-refractivity contribution in [3.8, 4) is 0 Å². The molecule has 1 aliphatic rings. The van der Waals surface area contributed by atoms with Crippen molar-refractivity contribution in [2.45, 2.75) is 13.0 Å². The van der Waals surface area contributed by atoms with Crippen molar-refractivity contribution >= 4 is 28.6 Å². The van der Waals surface area contributed by atoms with Gasteiger partial charge in [-0.25, -0.2) is 9.18 Å². The van der Waals surface area contributed by atoms with E-state index in [1.54, 1.807) is 17.0 Å². The van der Waals surface area contributed by atoms with Crippen molar-refractivity contribution in [3.63, 3.8) is 0 Å². The van der Waals surface area contributed by atoms with Crippen LogP contribution >= 0.6 is 0 Å². The number of benzene rings is 2. The molecule has 2 N–H and O–H groups in total. The molecule has 4 rings (SSSR count). The first-order valence-corrected chi connectivity index (χ1v) is 8.64. The normalized spacial score (nSPS) is 15.0. The number of anilines is 1. The van der Waals surface area contributed by atoms with Crippen molar-refractivity contribution in [2.24, 2.45) is 0 Å². The van der Waals surface area contributed by atoms with Crippen molar-refractivity contribution in [3.05, 3.63) is 65.6 Å². The third-order valence-corrected chi connectivity index (χ3v) is 4.62. The topological polar surface area (TPSA) is 74.4 Å². The Morgan fingerprint density at radius 3 is 2.89 bits per heavy atom. The van der Waals surface area contributed by atoms with Gasteiger partial charge in [0.15, 0.2) is 0 Å². The van der Waals surface area contributed by atoms with E-state index in [4.69, 9.17) is 4.74 Å². The Balaban J connectivity index is 1.51. The van der Waals surface area contributed by atoms with Crippen LogP contribution in [0.1, 0.15) is 29.0 Å². The lowest BCUT2D eigenvalue weighted by Crippen LogP contribution is -2.27. The molecule has 0 radical (unpaired) electrons. The van der Waals surface area contributed by atoms with Gasteiger partial charge in [0.1, 0.15) is 18.1 Å². The average molecular weight is 367 g/mol. The summed E-state index contributed by atoms with van der Waals surface area (Å²) in [5, 5.41) is 3.56. The van der Waals surface area contributed by atoms with Crippen molar-refractivity contribution < 1.29 is 18.7 Å². The van der Waals surface area contributed by atoms with E-state index in [9.17, 15) is 14.0 Å². The van der Waals surface area contributed by atoms with Crippen LogP contribution in [0, 0.1) is 5.82 Å². The van der Waals surface area contributed by atoms with E-state index in [1.807, 2.05) is 31.2 Å². The number of cyclic esters (lactones) is 1. The first-order valence-electron chi connectivity index (χ1n) is 8.64. The molecule has 1 aliphatic heterocycles. The van der Waals surface area contributed by atoms with Gasteiger partial charge in [-0.2, -0.15) is 0 Å². The van der Waals surface area contributed by atoms with Gasteiger partial charge >= 0.3 is 6.09 Å². The number of aromatic amines is 1. The minimum atomic E-state index is -0.367. The highest BCUT2D eigenvalue weighted by molar-refractivity contribution is 5.98. The SMILES string of the molecule is CC(NC(=O)c1cc2cc(F)ccc2[nH]1)c1cccc(N2CCOC2=O)c1. The van der Waals surface area contributed by atoms with Crippen LogP contribution in [0.5, 0.6) is 0 Å². The number of hydrogen-bond acceptors (Lipinski definition) is 3. The molecular formula is C20H18FN3O3. The van der Waals surface area contributed by atoms with Crippen LogP contribution in [0.25, 0.3) is 10.9 Å². The molecule has 1 unspecified atom stereocenters. The fourth-order valence-electron chi connectivity index (χ4n) is 3.17. The Kier molecular flexibility index (Phi) is 4.27. The van der Waals surface area contributed by atoms with Crippen LogP contribution in [-0.2, 0) is 4.74 Å². The second kappa shape index (κ2) is 6.75. The first-order chi connectivity index (χ1) is 13.0. The third-order valence-electron chi connectivity index (χ3n) is 4.62. The number of halogens is 1. The van der Waals surface area contributed by atoms with E-state index in [1.165, 1.54) is 12.1 Å². The predicted molar refractivity (Wildman–Crippen MR) is 99.3 cm³/mol. The lowest BCUT2D eigenvalue weighted by molar-refractivity contribution is 0.0935. The number of nitrogens with one attached hydrogen (secondary N) is 2. The Morgan fingerprint density at radius 2 is 2.11 bits per heavy atom. The molecule has 2 amide bonds. The van der Waals surface area contributed by atoms with Gasteiger partial charge in [-0.1, -0.05) is 12.1 Å². The van der Waals surface area contributed by atoms with Crippen LogP contribution < -0.4 is 10.2 Å². The largest absolute Gasteiger partial charge is 0.447 e. The lowest BCUT2D eigenvalue weighted by Gasteiger charge is -2.18. The van der Waals surface area contributed by atoms with E-state index in [0.717, 1.165) is 11.3 Å². The van der Waals surface area contributed by atoms with Crippen molar-refractivity contribution in [1.29, 1.82) is 0 Å². The molecule has 7 heteroatoms. The first kappa shape index (κ1) is 17.1. The minimum Gasteiger partial charge on any atom is -0.447 e. The third kappa shape index (κ3) is 3.36. The van der Waals surface area contributed by atoms with Gasteiger partial charge in [0.25, 0.3) is 5.91 Å². The highest BCUT2D eigenvalue weighted by atomic mass is 19.1. The summed E-state index contributed by atoms with van der Waals surface area (Å²) < 4.78 is 18.3. The number of amides is 2. The van der Waals surface area contributed by atoms with Crippen LogP contribution in [-0.4, -0.2) is 30.1 Å². The van der Waals surface area contributed by atoms with Crippen LogP contribution in [0.2, 0.25) is 0 Å². The maximum atomic E-state index is 13.3. The molecule has 0 saturated carbocycles. The molecular weight excluding hydrogens is 349 g/mol. The molecule has 138 valence electrons. The maximum Gasteiger partial charge on any atom is 0.414 e. The summed E-state index contributed by atoms with van der Waals surface area (Å²) in [7, 11) is 0. The van der Waals surface area contributed by atoms with Gasteiger partial charge in [0, 0.05) is 16.6 Å². The van der Waals surface area contributed by atoms with Gasteiger partial charge < -0.3 is 15.0 Å². The zero-order valence-electron chi connectivity index (χ0n) is 14.7. The Bertz CT molecular complexity index is 1030. The molecule has 3 aromatic rings. The number of nitrogens with zero attached hydrogens (tertiary/aromatic N) is 1. The van der Waals surface area contributed by atoms with E-state index in [0.29, 0.717) is 29.7 Å². The Hall–Kier alpha value is -3.35. The standard InChI is InChI=1S/C20H18FN3O3/c1-12(13-3-2-4-16(10-13)24-7-8-27-20(24)26)22-19(25)18-11-14-9-15(21)5-6-17(14)23-18/h2-6,9-12,23H,7-8H2,1H3,(H,22,25). The smallest absolute Gasteiger partial charge is 0.414 e. The van der Waals surface area contributed by atoms with Crippen molar-refractivity contribution in [1.82, 2.24) is 10.3 Å². The maximum absolute atomic E-state index is 13.3. The average Bonchev–Trinajstić information content (AvgIpc) is 3.27. The number of H-pyrrole nitrogens is 1. The van der Waals surface area contributed by atoms with Gasteiger partial charge in [0.05, 0.1) is 12.6 Å². The van der Waals surface area contributed by atoms with E-state index < -0.39 is 0 Å². The molecule has 0 spiro atoms. The van der Waals surface area contributed by atoms with E-state index in [2.05, 4.69) is 10.3 Å². The number of hydrogen-bond donors (Lipinski definition) is 2.